The smallest absolute Gasteiger partial charge is 0.149 e. The Morgan fingerprint density at radius 3 is 3.23 bits per heavy atom. The maximum atomic E-state index is 5.74. The summed E-state index contributed by atoms with van der Waals surface area (Å²) >= 11 is 0. The molecule has 3 heteroatoms. The highest BCUT2D eigenvalue weighted by Crippen LogP contribution is 2.39. The van der Waals surface area contributed by atoms with E-state index in [0.717, 1.165) is 12.8 Å². The van der Waals surface area contributed by atoms with Crippen molar-refractivity contribution in [2.75, 3.05) is 21.0 Å². The van der Waals surface area contributed by atoms with Crippen molar-refractivity contribution in [2.24, 2.45) is 0 Å². The molecule has 1 fully saturated rings. The minimum absolute atomic E-state index is 0.168. The van der Waals surface area contributed by atoms with Gasteiger partial charge in [0.1, 0.15) is 12.5 Å². The Bertz CT molecular complexity index is 217. The average Bonchev–Trinajstić information content (AvgIpc) is 2.39. The van der Waals surface area contributed by atoms with Crippen LogP contribution < -0.4 is 0 Å². The van der Waals surface area contributed by atoms with Crippen LogP contribution in [0.1, 0.15) is 19.3 Å². The zero-order chi connectivity index (χ0) is 9.31. The number of methoxy groups -OCH3 is 1. The Kier molecular flexibility index (Phi) is 2.41. The maximum absolute atomic E-state index is 5.74. The highest BCUT2D eigenvalue weighted by molar-refractivity contribution is 5.13. The van der Waals surface area contributed by atoms with Crippen LogP contribution in [0.15, 0.2) is 12.2 Å². The van der Waals surface area contributed by atoms with Crippen molar-refractivity contribution in [1.82, 2.24) is 4.90 Å². The first-order chi connectivity index (χ1) is 6.28. The van der Waals surface area contributed by atoms with Crippen molar-refractivity contribution >= 4 is 0 Å². The molecule has 0 aromatic carbocycles. The van der Waals surface area contributed by atoms with E-state index >= 15 is 0 Å². The van der Waals surface area contributed by atoms with Crippen LogP contribution in [0.25, 0.3) is 0 Å². The fourth-order valence-corrected chi connectivity index (χ4v) is 2.32. The van der Waals surface area contributed by atoms with E-state index in [1.807, 2.05) is 0 Å². The van der Waals surface area contributed by atoms with Crippen LogP contribution in [-0.4, -0.2) is 37.6 Å². The molecule has 2 rings (SSSR count). The number of nitrogens with zero attached hydrogens (tertiary/aromatic N) is 1. The Hall–Kier alpha value is -0.380. The summed E-state index contributed by atoms with van der Waals surface area (Å²) in [7, 11) is 3.80. The fraction of sp³-hybridized carbons (Fsp3) is 0.800. The average molecular weight is 183 g/mol. The van der Waals surface area contributed by atoms with Crippen molar-refractivity contribution in [2.45, 2.75) is 31.0 Å². The summed E-state index contributed by atoms with van der Waals surface area (Å²) in [5.41, 5.74) is -0.168. The summed E-state index contributed by atoms with van der Waals surface area (Å²) < 4.78 is 10.7. The maximum Gasteiger partial charge on any atom is 0.149 e. The topological polar surface area (TPSA) is 21.7 Å². The molecule has 0 spiro atoms. The van der Waals surface area contributed by atoms with Crippen LogP contribution in [0.5, 0.6) is 0 Å². The summed E-state index contributed by atoms with van der Waals surface area (Å²) in [4.78, 5) is 2.33. The summed E-state index contributed by atoms with van der Waals surface area (Å²) in [6, 6.07) is 0.668. The molecule has 2 heterocycles. The molecule has 3 nitrogen and oxygen atoms in total. The standard InChI is InChI=1S/C10H17NO2/c1-11-9-4-3-6-10(11,7-5-9)13-8-12-2/h3,6,9H,4-5,7-8H2,1-2H3. The van der Waals surface area contributed by atoms with Gasteiger partial charge in [-0.1, -0.05) is 6.08 Å². The van der Waals surface area contributed by atoms with Crippen molar-refractivity contribution in [1.29, 1.82) is 0 Å². The second kappa shape index (κ2) is 3.40. The van der Waals surface area contributed by atoms with E-state index in [-0.39, 0.29) is 5.72 Å². The predicted octanol–water partition coefficient (Wildman–Crippen LogP) is 1.36. The van der Waals surface area contributed by atoms with Crippen molar-refractivity contribution < 1.29 is 9.47 Å². The van der Waals surface area contributed by atoms with Crippen molar-refractivity contribution in [3.05, 3.63) is 12.2 Å². The van der Waals surface area contributed by atoms with Gasteiger partial charge >= 0.3 is 0 Å². The minimum Gasteiger partial charge on any atom is -0.359 e. The van der Waals surface area contributed by atoms with Gasteiger partial charge in [0.05, 0.1) is 0 Å². The van der Waals surface area contributed by atoms with Gasteiger partial charge in [0.2, 0.25) is 0 Å². The minimum atomic E-state index is -0.168. The molecule has 0 saturated carbocycles. The number of rotatable bonds is 3. The van der Waals surface area contributed by atoms with Crippen LogP contribution in [0.4, 0.5) is 0 Å². The van der Waals surface area contributed by atoms with Crippen LogP contribution in [0.2, 0.25) is 0 Å². The normalized spacial score (nSPS) is 38.5. The highest BCUT2D eigenvalue weighted by atomic mass is 16.7. The Morgan fingerprint density at radius 2 is 2.46 bits per heavy atom. The molecule has 0 aromatic heterocycles. The quantitative estimate of drug-likeness (QED) is 0.487. The first-order valence-corrected chi connectivity index (χ1v) is 4.82. The van der Waals surface area contributed by atoms with Crippen molar-refractivity contribution in [3.8, 4) is 0 Å². The first-order valence-electron chi connectivity index (χ1n) is 4.82. The molecular weight excluding hydrogens is 166 g/mol. The number of fused-ring (bicyclic) bond motifs is 2. The first kappa shape index (κ1) is 9.19. The molecule has 0 amide bonds. The molecule has 0 N–H and O–H groups in total. The monoisotopic (exact) mass is 183 g/mol. The fourth-order valence-electron chi connectivity index (χ4n) is 2.32. The van der Waals surface area contributed by atoms with Gasteiger partial charge in [-0.3, -0.25) is 4.90 Å². The van der Waals surface area contributed by atoms with Gasteiger partial charge in [0.15, 0.2) is 0 Å². The molecule has 74 valence electrons. The third-order valence-corrected chi connectivity index (χ3v) is 3.19. The molecule has 2 bridgehead atoms. The summed E-state index contributed by atoms with van der Waals surface area (Å²) in [6.07, 6.45) is 7.89. The zero-order valence-electron chi connectivity index (χ0n) is 8.32. The van der Waals surface area contributed by atoms with Gasteiger partial charge < -0.3 is 9.47 Å². The van der Waals surface area contributed by atoms with E-state index in [1.165, 1.54) is 6.42 Å². The molecule has 1 saturated heterocycles. The second-order valence-corrected chi connectivity index (χ2v) is 3.84. The van der Waals surface area contributed by atoms with E-state index in [4.69, 9.17) is 9.47 Å². The Labute approximate surface area is 79.3 Å². The van der Waals surface area contributed by atoms with Gasteiger partial charge in [0, 0.05) is 13.2 Å². The molecule has 13 heavy (non-hydrogen) atoms. The molecule has 0 aliphatic carbocycles. The number of hydrogen-bond donors (Lipinski definition) is 0. The third kappa shape index (κ3) is 1.41. The zero-order valence-corrected chi connectivity index (χ0v) is 8.32. The summed E-state index contributed by atoms with van der Waals surface area (Å²) in [5, 5.41) is 0. The van der Waals surface area contributed by atoms with Gasteiger partial charge in [0.25, 0.3) is 0 Å². The number of ether oxygens (including phenoxy) is 2. The van der Waals surface area contributed by atoms with E-state index in [1.54, 1.807) is 7.11 Å². The van der Waals surface area contributed by atoms with E-state index in [9.17, 15) is 0 Å². The molecule has 0 radical (unpaired) electrons. The number of likely N-dealkylation sites (N-methyl/N-ethyl adjacent to an activating group) is 1. The molecule has 0 aromatic rings. The van der Waals surface area contributed by atoms with Crippen LogP contribution >= 0.6 is 0 Å². The lowest BCUT2D eigenvalue weighted by Crippen LogP contribution is -2.47. The predicted molar refractivity (Wildman–Crippen MR) is 50.2 cm³/mol. The Balaban J connectivity index is 2.10. The van der Waals surface area contributed by atoms with E-state index in [0.29, 0.717) is 12.8 Å². The van der Waals surface area contributed by atoms with Crippen LogP contribution in [0.3, 0.4) is 0 Å². The van der Waals surface area contributed by atoms with Crippen molar-refractivity contribution in [3.63, 3.8) is 0 Å². The van der Waals surface area contributed by atoms with E-state index < -0.39 is 0 Å². The number of hydrogen-bond acceptors (Lipinski definition) is 3. The SMILES string of the molecule is COCOC12C=CCC(CC1)N2C. The van der Waals surface area contributed by atoms with Gasteiger partial charge in [-0.25, -0.2) is 0 Å². The van der Waals surface area contributed by atoms with E-state index in [2.05, 4.69) is 24.1 Å². The van der Waals surface area contributed by atoms with Crippen LogP contribution in [-0.2, 0) is 9.47 Å². The molecule has 2 aliphatic heterocycles. The molecule has 2 unspecified atom stereocenters. The highest BCUT2D eigenvalue weighted by Gasteiger charge is 2.44. The Morgan fingerprint density at radius 1 is 1.62 bits per heavy atom. The second-order valence-electron chi connectivity index (χ2n) is 3.84. The molecular formula is C10H17NO2. The lowest BCUT2D eigenvalue weighted by molar-refractivity contribution is -0.164. The van der Waals surface area contributed by atoms with Gasteiger partial charge in [-0.05, 0) is 32.4 Å². The van der Waals surface area contributed by atoms with Gasteiger partial charge in [-0.2, -0.15) is 0 Å². The molecule has 2 aliphatic rings. The molecule has 2 atom stereocenters. The largest absolute Gasteiger partial charge is 0.359 e. The third-order valence-electron chi connectivity index (χ3n) is 3.19. The summed E-state index contributed by atoms with van der Waals surface area (Å²) in [5.74, 6) is 0. The summed E-state index contributed by atoms with van der Waals surface area (Å²) in [6.45, 7) is 0.376. The van der Waals surface area contributed by atoms with Gasteiger partial charge in [-0.15, -0.1) is 0 Å². The lowest BCUT2D eigenvalue weighted by atomic mass is 10.1. The van der Waals surface area contributed by atoms with Crippen LogP contribution in [0, 0.1) is 0 Å². The lowest BCUT2D eigenvalue weighted by Gasteiger charge is -2.38.